The van der Waals surface area contributed by atoms with Crippen molar-refractivity contribution in [3.05, 3.63) is 34.7 Å². The Balaban J connectivity index is 1.96. The molecule has 1 aliphatic heterocycles. The molecule has 0 saturated heterocycles. The van der Waals surface area contributed by atoms with E-state index in [4.69, 9.17) is 9.84 Å². The smallest absolute Gasteiger partial charge is 0.408 e. The molecule has 0 spiro atoms. The van der Waals surface area contributed by atoms with Crippen LogP contribution < -0.4 is 5.32 Å². The third-order valence-corrected chi connectivity index (χ3v) is 5.94. The van der Waals surface area contributed by atoms with Gasteiger partial charge >= 0.3 is 12.1 Å². The molecule has 0 aliphatic carbocycles. The highest BCUT2D eigenvalue weighted by Crippen LogP contribution is 2.32. The van der Waals surface area contributed by atoms with Crippen LogP contribution >= 0.6 is 11.8 Å². The van der Waals surface area contributed by atoms with Crippen LogP contribution in [0.15, 0.2) is 34.1 Å². The molecule has 0 saturated carbocycles. The standard InChI is InChI=1S/C15H17NO6S2/c1-23-7-6-12(14(17)18)16-15(19)22-9-11-8-10-4-2-3-5-13(10)24(11,20)21/h2-5,8,12H,6-7,9H2,1H3,(H,16,19)(H,17,18). The van der Waals surface area contributed by atoms with Gasteiger partial charge in [-0.05, 0) is 36.1 Å². The Morgan fingerprint density at radius 1 is 1.33 bits per heavy atom. The van der Waals surface area contributed by atoms with Crippen molar-refractivity contribution in [3.8, 4) is 0 Å². The quantitative estimate of drug-likeness (QED) is 0.751. The lowest BCUT2D eigenvalue weighted by Gasteiger charge is -2.14. The van der Waals surface area contributed by atoms with E-state index >= 15 is 0 Å². The Morgan fingerprint density at radius 3 is 2.67 bits per heavy atom. The van der Waals surface area contributed by atoms with Gasteiger partial charge in [0.25, 0.3) is 0 Å². The lowest BCUT2D eigenvalue weighted by molar-refractivity contribution is -0.139. The Kier molecular flexibility index (Phi) is 5.89. The van der Waals surface area contributed by atoms with Crippen molar-refractivity contribution >= 4 is 39.7 Å². The number of nitrogens with one attached hydrogen (secondary N) is 1. The Bertz CT molecular complexity index is 772. The van der Waals surface area contributed by atoms with Gasteiger partial charge in [0.05, 0.1) is 9.80 Å². The molecule has 24 heavy (non-hydrogen) atoms. The van der Waals surface area contributed by atoms with Gasteiger partial charge in [-0.15, -0.1) is 0 Å². The number of thioether (sulfide) groups is 1. The highest BCUT2D eigenvalue weighted by atomic mass is 32.2. The first-order chi connectivity index (χ1) is 11.4. The van der Waals surface area contributed by atoms with Crippen LogP contribution in [0, 0.1) is 0 Å². The lowest BCUT2D eigenvalue weighted by atomic mass is 10.2. The number of carbonyl (C=O) groups is 2. The summed E-state index contributed by atoms with van der Waals surface area (Å²) in [5, 5.41) is 11.3. The van der Waals surface area contributed by atoms with Gasteiger partial charge in [-0.25, -0.2) is 18.0 Å². The van der Waals surface area contributed by atoms with E-state index in [9.17, 15) is 18.0 Å². The molecule has 2 N–H and O–H groups in total. The maximum atomic E-state index is 12.3. The third-order valence-electron chi connectivity index (χ3n) is 3.42. The van der Waals surface area contributed by atoms with Crippen LogP contribution in [0.1, 0.15) is 12.0 Å². The van der Waals surface area contributed by atoms with Crippen LogP contribution in [0.2, 0.25) is 0 Å². The molecule has 2 rings (SSSR count). The number of carboxylic acid groups (broad SMARTS) is 1. The van der Waals surface area contributed by atoms with E-state index in [2.05, 4.69) is 5.32 Å². The maximum Gasteiger partial charge on any atom is 0.408 e. The molecule has 1 aromatic rings. The molecule has 0 bridgehead atoms. The number of ether oxygens (including phenoxy) is 1. The first-order valence-electron chi connectivity index (χ1n) is 7.06. The van der Waals surface area contributed by atoms with E-state index in [-0.39, 0.29) is 16.2 Å². The SMILES string of the molecule is CSCCC(NC(=O)OCC1=Cc2ccccc2S1(=O)=O)C(=O)O. The topological polar surface area (TPSA) is 110 Å². The second-order valence-corrected chi connectivity index (χ2v) is 8.00. The third kappa shape index (κ3) is 4.09. The highest BCUT2D eigenvalue weighted by molar-refractivity contribution is 7.98. The van der Waals surface area contributed by atoms with Crippen molar-refractivity contribution < 1.29 is 27.9 Å². The zero-order chi connectivity index (χ0) is 17.7. The molecule has 1 atom stereocenters. The van der Waals surface area contributed by atoms with Gasteiger partial charge in [0.15, 0.2) is 0 Å². The molecule has 130 valence electrons. The Labute approximate surface area is 144 Å². The van der Waals surface area contributed by atoms with E-state index in [1.165, 1.54) is 23.9 Å². The lowest BCUT2D eigenvalue weighted by Crippen LogP contribution is -2.41. The molecular weight excluding hydrogens is 354 g/mol. The maximum absolute atomic E-state index is 12.3. The van der Waals surface area contributed by atoms with Gasteiger partial charge in [0, 0.05) is 0 Å². The van der Waals surface area contributed by atoms with Crippen LogP contribution in [-0.4, -0.2) is 50.2 Å². The minimum absolute atomic E-state index is 0.0326. The predicted octanol–water partition coefficient (Wildman–Crippen LogP) is 1.75. The first-order valence-corrected chi connectivity index (χ1v) is 9.93. The highest BCUT2D eigenvalue weighted by Gasteiger charge is 2.30. The second-order valence-electron chi connectivity index (χ2n) is 5.04. The molecule has 1 unspecified atom stereocenters. The summed E-state index contributed by atoms with van der Waals surface area (Å²) < 4.78 is 29.5. The van der Waals surface area contributed by atoms with Gasteiger partial charge in [-0.3, -0.25) is 0 Å². The van der Waals surface area contributed by atoms with Crippen LogP contribution in [0.5, 0.6) is 0 Å². The van der Waals surface area contributed by atoms with E-state index in [0.717, 1.165) is 0 Å². The second kappa shape index (κ2) is 7.71. The molecule has 1 amide bonds. The Morgan fingerprint density at radius 2 is 2.04 bits per heavy atom. The average molecular weight is 371 g/mol. The summed E-state index contributed by atoms with van der Waals surface area (Å²) in [6, 6.07) is 5.39. The number of aliphatic carboxylic acids is 1. The number of hydrogen-bond acceptors (Lipinski definition) is 6. The molecule has 1 aliphatic rings. The molecule has 0 radical (unpaired) electrons. The van der Waals surface area contributed by atoms with E-state index in [1.54, 1.807) is 18.2 Å². The zero-order valence-electron chi connectivity index (χ0n) is 12.9. The molecule has 9 heteroatoms. The zero-order valence-corrected chi connectivity index (χ0v) is 14.5. The van der Waals surface area contributed by atoms with Crippen LogP contribution in [0.3, 0.4) is 0 Å². The van der Waals surface area contributed by atoms with Crippen molar-refractivity contribution in [2.45, 2.75) is 17.4 Å². The van der Waals surface area contributed by atoms with Crippen LogP contribution in [0.4, 0.5) is 4.79 Å². The number of sulfone groups is 1. The average Bonchev–Trinajstić information content (AvgIpc) is 2.80. The summed E-state index contributed by atoms with van der Waals surface area (Å²) >= 11 is 1.46. The van der Waals surface area contributed by atoms with Crippen LogP contribution in [-0.2, 0) is 19.4 Å². The number of carbonyl (C=O) groups excluding carboxylic acids is 1. The van der Waals surface area contributed by atoms with Crippen molar-refractivity contribution in [2.24, 2.45) is 0 Å². The fourth-order valence-electron chi connectivity index (χ4n) is 2.17. The number of rotatable bonds is 7. The van der Waals surface area contributed by atoms with E-state index in [1.807, 2.05) is 6.26 Å². The van der Waals surface area contributed by atoms with Crippen molar-refractivity contribution in [1.29, 1.82) is 0 Å². The van der Waals surface area contributed by atoms with E-state index in [0.29, 0.717) is 11.3 Å². The molecule has 1 aromatic carbocycles. The molecule has 0 aromatic heterocycles. The number of alkyl carbamates (subject to hydrolysis) is 1. The fraction of sp³-hybridized carbons (Fsp3) is 0.333. The number of carboxylic acids is 1. The molecule has 1 heterocycles. The Hall–Kier alpha value is -2.00. The largest absolute Gasteiger partial charge is 0.480 e. The van der Waals surface area contributed by atoms with Crippen molar-refractivity contribution in [3.63, 3.8) is 0 Å². The van der Waals surface area contributed by atoms with Crippen molar-refractivity contribution in [1.82, 2.24) is 5.32 Å². The number of amides is 1. The monoisotopic (exact) mass is 371 g/mol. The molecule has 7 nitrogen and oxygen atoms in total. The summed E-state index contributed by atoms with van der Waals surface area (Å²) in [6.07, 6.45) is 2.56. The summed E-state index contributed by atoms with van der Waals surface area (Å²) in [6.45, 7) is -0.447. The first kappa shape index (κ1) is 18.3. The van der Waals surface area contributed by atoms with Gasteiger partial charge < -0.3 is 15.2 Å². The van der Waals surface area contributed by atoms with Gasteiger partial charge in [0.1, 0.15) is 12.6 Å². The van der Waals surface area contributed by atoms with Gasteiger partial charge in [-0.1, -0.05) is 18.2 Å². The normalized spacial score (nSPS) is 16.0. The van der Waals surface area contributed by atoms with Gasteiger partial charge in [-0.2, -0.15) is 11.8 Å². The van der Waals surface area contributed by atoms with E-state index < -0.39 is 34.5 Å². The number of benzene rings is 1. The van der Waals surface area contributed by atoms with Crippen LogP contribution in [0.25, 0.3) is 6.08 Å². The summed E-state index contributed by atoms with van der Waals surface area (Å²) in [7, 11) is -3.66. The summed E-state index contributed by atoms with van der Waals surface area (Å²) in [5.74, 6) is -0.604. The van der Waals surface area contributed by atoms with Crippen molar-refractivity contribution in [2.75, 3.05) is 18.6 Å². The summed E-state index contributed by atoms with van der Waals surface area (Å²) in [5.41, 5.74) is 0.542. The molecule has 0 fully saturated rings. The number of fused-ring (bicyclic) bond motifs is 1. The minimum Gasteiger partial charge on any atom is -0.480 e. The minimum atomic E-state index is -3.66. The van der Waals surface area contributed by atoms with Gasteiger partial charge in [0.2, 0.25) is 9.84 Å². The predicted molar refractivity (Wildman–Crippen MR) is 90.5 cm³/mol. The number of hydrogen-bond donors (Lipinski definition) is 2. The molecular formula is C15H17NO6S2. The fourth-order valence-corrected chi connectivity index (χ4v) is 4.11. The summed E-state index contributed by atoms with van der Waals surface area (Å²) in [4.78, 5) is 22.9.